The Labute approximate surface area is 134 Å². The molecule has 6 rings (SSSR count). The highest BCUT2D eigenvalue weighted by Gasteiger charge is 2.71. The normalized spacial score (nSPS) is 33.0. The molecule has 8 heteroatoms. The lowest BCUT2D eigenvalue weighted by molar-refractivity contribution is -0.205. The number of aromatic hydroxyl groups is 1. The van der Waals surface area contributed by atoms with Crippen LogP contribution < -0.4 is 5.69 Å². The van der Waals surface area contributed by atoms with Crippen LogP contribution in [0.2, 0.25) is 0 Å². The van der Waals surface area contributed by atoms with Crippen LogP contribution in [0.1, 0.15) is 43.1 Å². The Balaban J connectivity index is 1.58. The first kappa shape index (κ1) is 14.1. The van der Waals surface area contributed by atoms with Crippen molar-refractivity contribution in [2.24, 2.45) is 0 Å². The van der Waals surface area contributed by atoms with Crippen molar-refractivity contribution in [1.29, 1.82) is 0 Å². The maximum atomic E-state index is 13.7. The van der Waals surface area contributed by atoms with Crippen LogP contribution in [-0.2, 0) is 12.0 Å². The second kappa shape index (κ2) is 4.04. The van der Waals surface area contributed by atoms with Gasteiger partial charge >= 0.3 is 5.69 Å². The third-order valence-corrected chi connectivity index (χ3v) is 5.64. The molecule has 3 saturated carbocycles. The second-order valence-corrected chi connectivity index (χ2v) is 7.27. The van der Waals surface area contributed by atoms with Gasteiger partial charge in [0, 0.05) is 25.7 Å². The summed E-state index contributed by atoms with van der Waals surface area (Å²) in [5, 5.41) is 13.6. The second-order valence-electron chi connectivity index (χ2n) is 7.27. The molecule has 126 valence electrons. The Hall–Kier alpha value is -2.25. The van der Waals surface area contributed by atoms with E-state index in [0.717, 1.165) is 12.1 Å². The van der Waals surface area contributed by atoms with Gasteiger partial charge in [-0.2, -0.15) is 5.10 Å². The van der Waals surface area contributed by atoms with E-state index in [1.807, 2.05) is 0 Å². The molecule has 1 aromatic heterocycles. The minimum atomic E-state index is -1.14. The van der Waals surface area contributed by atoms with Gasteiger partial charge in [-0.05, 0) is 24.1 Å². The standard InChI is InChI=1S/C16H14F3N3O2/c17-9-3-8(4-10(18)13(9)23)11-1-2-12-20-22(14(24)21(11)12)16-5-15(19,6-16)7-16/h3-4,11,23H,1-2,5-7H2/t11-,15?,16?/m0/s1. The zero-order chi connectivity index (χ0) is 16.9. The Morgan fingerprint density at radius 1 is 1.21 bits per heavy atom. The fourth-order valence-corrected chi connectivity index (χ4v) is 4.54. The molecule has 0 saturated heterocycles. The van der Waals surface area contributed by atoms with Gasteiger partial charge in [-0.3, -0.25) is 4.57 Å². The monoisotopic (exact) mass is 337 g/mol. The molecule has 0 unspecified atom stereocenters. The number of alkyl halides is 1. The number of phenols is 1. The van der Waals surface area contributed by atoms with Gasteiger partial charge in [-0.25, -0.2) is 22.6 Å². The van der Waals surface area contributed by atoms with E-state index >= 15 is 0 Å². The van der Waals surface area contributed by atoms with Crippen LogP contribution in [0.25, 0.3) is 0 Å². The molecule has 3 aliphatic carbocycles. The van der Waals surface area contributed by atoms with Crippen LogP contribution >= 0.6 is 0 Å². The van der Waals surface area contributed by atoms with Gasteiger partial charge in [0.25, 0.3) is 0 Å². The Kier molecular flexibility index (Phi) is 2.38. The molecule has 0 spiro atoms. The van der Waals surface area contributed by atoms with Gasteiger partial charge < -0.3 is 5.11 Å². The van der Waals surface area contributed by atoms with Crippen LogP contribution in [0.3, 0.4) is 0 Å². The Morgan fingerprint density at radius 2 is 1.83 bits per heavy atom. The molecule has 1 aliphatic heterocycles. The third-order valence-electron chi connectivity index (χ3n) is 5.64. The number of fused-ring (bicyclic) bond motifs is 1. The summed E-state index contributed by atoms with van der Waals surface area (Å²) in [6.07, 6.45) is 1.94. The number of benzene rings is 1. The van der Waals surface area contributed by atoms with E-state index in [9.17, 15) is 23.1 Å². The van der Waals surface area contributed by atoms with Gasteiger partial charge in [-0.1, -0.05) is 0 Å². The summed E-state index contributed by atoms with van der Waals surface area (Å²) in [5.74, 6) is -2.59. The van der Waals surface area contributed by atoms with E-state index in [1.165, 1.54) is 9.25 Å². The minimum absolute atomic E-state index is 0.280. The summed E-state index contributed by atoms with van der Waals surface area (Å²) in [5.41, 5.74) is -1.74. The summed E-state index contributed by atoms with van der Waals surface area (Å²) in [6, 6.07) is 1.55. The molecule has 3 fully saturated rings. The number of aryl methyl sites for hydroxylation is 1. The van der Waals surface area contributed by atoms with Crippen LogP contribution in [0.15, 0.2) is 16.9 Å². The average molecular weight is 337 g/mol. The van der Waals surface area contributed by atoms with Gasteiger partial charge in [0.1, 0.15) is 11.5 Å². The number of rotatable bonds is 2. The summed E-state index contributed by atoms with van der Waals surface area (Å²) >= 11 is 0. The number of phenolic OH excluding ortho intramolecular Hbond substituents is 1. The van der Waals surface area contributed by atoms with Crippen molar-refractivity contribution in [3.05, 3.63) is 45.6 Å². The molecule has 2 heterocycles. The van der Waals surface area contributed by atoms with Crippen molar-refractivity contribution in [1.82, 2.24) is 14.3 Å². The SMILES string of the molecule is O=c1n(C23CC(F)(C2)C3)nc2n1[C@H](c1cc(F)c(O)c(F)c1)CC2. The molecule has 1 N–H and O–H groups in total. The first-order chi connectivity index (χ1) is 11.3. The summed E-state index contributed by atoms with van der Waals surface area (Å²) in [7, 11) is 0. The van der Waals surface area contributed by atoms with Gasteiger partial charge in [0.15, 0.2) is 17.4 Å². The molecular weight excluding hydrogens is 323 g/mol. The Morgan fingerprint density at radius 3 is 2.42 bits per heavy atom. The van der Waals surface area contributed by atoms with E-state index in [-0.39, 0.29) is 11.3 Å². The topological polar surface area (TPSA) is 60.0 Å². The van der Waals surface area contributed by atoms with E-state index in [1.54, 1.807) is 0 Å². The smallest absolute Gasteiger partial charge is 0.347 e. The molecule has 1 atom stereocenters. The molecule has 5 nitrogen and oxygen atoms in total. The highest BCUT2D eigenvalue weighted by molar-refractivity contribution is 5.33. The lowest BCUT2D eigenvalue weighted by atomic mass is 9.47. The number of aromatic nitrogens is 3. The maximum Gasteiger partial charge on any atom is 0.347 e. The average Bonchev–Trinajstić information content (AvgIpc) is 3.01. The molecule has 0 radical (unpaired) electrons. The van der Waals surface area contributed by atoms with Crippen molar-refractivity contribution in [2.75, 3.05) is 0 Å². The predicted octanol–water partition coefficient (Wildman–Crippen LogP) is 2.17. The molecular formula is C16H14F3N3O2. The van der Waals surface area contributed by atoms with Crippen LogP contribution in [0.4, 0.5) is 13.2 Å². The first-order valence-electron chi connectivity index (χ1n) is 7.90. The molecule has 4 aliphatic rings. The molecule has 2 aromatic rings. The lowest BCUT2D eigenvalue weighted by Gasteiger charge is -2.64. The van der Waals surface area contributed by atoms with Crippen molar-refractivity contribution < 1.29 is 18.3 Å². The Bertz CT molecular complexity index is 906. The zero-order valence-electron chi connectivity index (χ0n) is 12.6. The van der Waals surface area contributed by atoms with E-state index < -0.39 is 34.6 Å². The largest absolute Gasteiger partial charge is 0.503 e. The third kappa shape index (κ3) is 1.56. The van der Waals surface area contributed by atoms with Crippen molar-refractivity contribution in [3.63, 3.8) is 0 Å². The highest BCUT2D eigenvalue weighted by Crippen LogP contribution is 2.66. The molecule has 1 aromatic carbocycles. The van der Waals surface area contributed by atoms with Gasteiger partial charge in [0.05, 0.1) is 11.6 Å². The van der Waals surface area contributed by atoms with Crippen molar-refractivity contribution in [2.45, 2.75) is 49.4 Å². The highest BCUT2D eigenvalue weighted by atomic mass is 19.1. The molecule has 24 heavy (non-hydrogen) atoms. The van der Waals surface area contributed by atoms with E-state index in [0.29, 0.717) is 37.9 Å². The van der Waals surface area contributed by atoms with Crippen molar-refractivity contribution in [3.8, 4) is 5.75 Å². The van der Waals surface area contributed by atoms with Gasteiger partial charge in [-0.15, -0.1) is 0 Å². The van der Waals surface area contributed by atoms with Crippen LogP contribution in [0, 0.1) is 11.6 Å². The molecule has 0 amide bonds. The predicted molar refractivity (Wildman–Crippen MR) is 76.6 cm³/mol. The van der Waals surface area contributed by atoms with E-state index in [2.05, 4.69) is 5.10 Å². The molecule has 2 bridgehead atoms. The summed E-state index contributed by atoms with van der Waals surface area (Å²) < 4.78 is 43.8. The number of nitrogens with zero attached hydrogens (tertiary/aromatic N) is 3. The number of hydrogen-bond acceptors (Lipinski definition) is 3. The number of hydrogen-bond donors (Lipinski definition) is 1. The summed E-state index contributed by atoms with van der Waals surface area (Å²) in [6.45, 7) is 0. The maximum absolute atomic E-state index is 13.7. The fourth-order valence-electron chi connectivity index (χ4n) is 4.54. The van der Waals surface area contributed by atoms with Crippen LogP contribution in [-0.4, -0.2) is 25.1 Å². The van der Waals surface area contributed by atoms with E-state index in [4.69, 9.17) is 0 Å². The fraction of sp³-hybridized carbons (Fsp3) is 0.500. The number of halogens is 3. The van der Waals surface area contributed by atoms with Crippen LogP contribution in [0.5, 0.6) is 5.75 Å². The lowest BCUT2D eigenvalue weighted by Crippen LogP contribution is -2.72. The first-order valence-corrected chi connectivity index (χ1v) is 7.90. The quantitative estimate of drug-likeness (QED) is 0.914. The summed E-state index contributed by atoms with van der Waals surface area (Å²) in [4.78, 5) is 12.8. The minimum Gasteiger partial charge on any atom is -0.503 e. The van der Waals surface area contributed by atoms with Gasteiger partial charge in [0.2, 0.25) is 0 Å². The zero-order valence-corrected chi connectivity index (χ0v) is 12.6. The van der Waals surface area contributed by atoms with Crippen molar-refractivity contribution >= 4 is 0 Å².